The summed E-state index contributed by atoms with van der Waals surface area (Å²) >= 11 is 3.49. The molecule has 1 aromatic heterocycles. The molecule has 0 bridgehead atoms. The second-order valence-corrected chi connectivity index (χ2v) is 5.71. The largest absolute Gasteiger partial charge is 0.409 e. The number of benzene rings is 2. The van der Waals surface area contributed by atoms with Crippen LogP contribution in [0, 0.1) is 0 Å². The van der Waals surface area contributed by atoms with E-state index < -0.39 is 0 Å². The Morgan fingerprint density at radius 2 is 2.00 bits per heavy atom. The zero-order chi connectivity index (χ0) is 14.8. The zero-order valence-corrected chi connectivity index (χ0v) is 12.8. The van der Waals surface area contributed by atoms with Crippen molar-refractivity contribution in [3.05, 3.63) is 70.3 Å². The first kappa shape index (κ1) is 13.7. The molecule has 106 valence electrons. The van der Waals surface area contributed by atoms with Gasteiger partial charge in [0.1, 0.15) is 0 Å². The Bertz CT molecular complexity index is 823. The lowest BCUT2D eigenvalue weighted by atomic mass is 10.1. The summed E-state index contributed by atoms with van der Waals surface area (Å²) in [5.74, 6) is 0.126. The molecule has 0 atom stereocenters. The Balaban J connectivity index is 2.05. The molecular weight excluding hydrogens is 330 g/mol. The van der Waals surface area contributed by atoms with Gasteiger partial charge in [-0.25, -0.2) is 0 Å². The first-order valence-electron chi connectivity index (χ1n) is 6.49. The molecule has 0 fully saturated rings. The molecular formula is C16H14BrN3O. The van der Waals surface area contributed by atoms with Gasteiger partial charge in [0.25, 0.3) is 0 Å². The van der Waals surface area contributed by atoms with E-state index in [0.29, 0.717) is 0 Å². The Hall–Kier alpha value is -2.27. The molecule has 5 heteroatoms. The van der Waals surface area contributed by atoms with Crippen molar-refractivity contribution in [3.8, 4) is 0 Å². The lowest BCUT2D eigenvalue weighted by molar-refractivity contribution is 0.318. The number of hydrogen-bond donors (Lipinski definition) is 2. The van der Waals surface area contributed by atoms with Crippen LogP contribution >= 0.6 is 15.9 Å². The average molecular weight is 344 g/mol. The smallest absolute Gasteiger partial charge is 0.170 e. The summed E-state index contributed by atoms with van der Waals surface area (Å²) in [7, 11) is 0. The van der Waals surface area contributed by atoms with E-state index in [4.69, 9.17) is 10.9 Å². The van der Waals surface area contributed by atoms with Crippen LogP contribution in [0.4, 0.5) is 0 Å². The number of aromatic nitrogens is 1. The lowest BCUT2D eigenvalue weighted by Crippen LogP contribution is -2.13. The Morgan fingerprint density at radius 1 is 1.19 bits per heavy atom. The molecule has 0 aliphatic carbocycles. The van der Waals surface area contributed by atoms with E-state index in [2.05, 4.69) is 37.8 Å². The molecule has 0 aliphatic rings. The predicted octanol–water partition coefficient (Wildman–Crippen LogP) is 3.55. The lowest BCUT2D eigenvalue weighted by Gasteiger charge is -2.07. The third kappa shape index (κ3) is 2.64. The molecule has 3 N–H and O–H groups in total. The molecule has 3 aromatic rings. The molecule has 3 rings (SSSR count). The van der Waals surface area contributed by atoms with Crippen molar-refractivity contribution in [2.24, 2.45) is 10.9 Å². The predicted molar refractivity (Wildman–Crippen MR) is 87.7 cm³/mol. The highest BCUT2D eigenvalue weighted by Gasteiger charge is 2.09. The number of nitrogens with zero attached hydrogens (tertiary/aromatic N) is 2. The maximum absolute atomic E-state index is 8.87. The van der Waals surface area contributed by atoms with E-state index >= 15 is 0 Å². The summed E-state index contributed by atoms with van der Waals surface area (Å²) in [5.41, 5.74) is 8.72. The van der Waals surface area contributed by atoms with Crippen LogP contribution in [0.1, 0.15) is 11.1 Å². The van der Waals surface area contributed by atoms with Crippen molar-refractivity contribution in [2.75, 3.05) is 0 Å². The fourth-order valence-electron chi connectivity index (χ4n) is 2.47. The summed E-state index contributed by atoms with van der Waals surface area (Å²) in [6.07, 6.45) is 2.01. The van der Waals surface area contributed by atoms with Crippen LogP contribution < -0.4 is 5.73 Å². The number of rotatable bonds is 3. The van der Waals surface area contributed by atoms with Crippen LogP contribution in [-0.2, 0) is 6.54 Å². The van der Waals surface area contributed by atoms with Crippen molar-refractivity contribution in [2.45, 2.75) is 6.54 Å². The van der Waals surface area contributed by atoms with E-state index in [-0.39, 0.29) is 5.84 Å². The molecule has 21 heavy (non-hydrogen) atoms. The number of fused-ring (bicyclic) bond motifs is 1. The Morgan fingerprint density at radius 3 is 2.76 bits per heavy atom. The first-order chi connectivity index (χ1) is 10.2. The van der Waals surface area contributed by atoms with Gasteiger partial charge in [-0.1, -0.05) is 45.4 Å². The minimum Gasteiger partial charge on any atom is -0.409 e. The van der Waals surface area contributed by atoms with Crippen LogP contribution in [0.3, 0.4) is 0 Å². The Labute approximate surface area is 130 Å². The summed E-state index contributed by atoms with van der Waals surface area (Å²) in [4.78, 5) is 0. The van der Waals surface area contributed by atoms with Gasteiger partial charge in [-0.15, -0.1) is 0 Å². The van der Waals surface area contributed by atoms with Crippen molar-refractivity contribution >= 4 is 32.7 Å². The molecule has 0 saturated carbocycles. The summed E-state index contributed by atoms with van der Waals surface area (Å²) in [6, 6.07) is 16.0. The molecule has 0 spiro atoms. The van der Waals surface area contributed by atoms with Gasteiger partial charge >= 0.3 is 0 Å². The number of hydrogen-bond acceptors (Lipinski definition) is 2. The summed E-state index contributed by atoms with van der Waals surface area (Å²) in [5, 5.41) is 12.9. The number of halogens is 1. The maximum Gasteiger partial charge on any atom is 0.170 e. The second-order valence-electron chi connectivity index (χ2n) is 4.80. The summed E-state index contributed by atoms with van der Waals surface area (Å²) < 4.78 is 3.21. The van der Waals surface area contributed by atoms with Gasteiger partial charge in [0.15, 0.2) is 5.84 Å². The van der Waals surface area contributed by atoms with Gasteiger partial charge in [0.05, 0.1) is 0 Å². The fourth-order valence-corrected chi connectivity index (χ4v) is 2.92. The van der Waals surface area contributed by atoms with Gasteiger partial charge in [-0.2, -0.15) is 0 Å². The molecule has 4 nitrogen and oxygen atoms in total. The van der Waals surface area contributed by atoms with Crippen LogP contribution in [0.2, 0.25) is 0 Å². The van der Waals surface area contributed by atoms with Gasteiger partial charge in [-0.3, -0.25) is 0 Å². The van der Waals surface area contributed by atoms with Gasteiger partial charge in [0.2, 0.25) is 0 Å². The molecule has 1 heterocycles. The van der Waals surface area contributed by atoms with Crippen molar-refractivity contribution < 1.29 is 5.21 Å². The molecule has 0 saturated heterocycles. The van der Waals surface area contributed by atoms with E-state index in [1.807, 2.05) is 42.6 Å². The van der Waals surface area contributed by atoms with Gasteiger partial charge in [-0.05, 0) is 29.8 Å². The molecule has 2 aromatic carbocycles. The average Bonchev–Trinajstić information content (AvgIpc) is 2.90. The quantitative estimate of drug-likeness (QED) is 0.330. The van der Waals surface area contributed by atoms with Gasteiger partial charge < -0.3 is 15.5 Å². The summed E-state index contributed by atoms with van der Waals surface area (Å²) in [6.45, 7) is 0.766. The highest BCUT2D eigenvalue weighted by molar-refractivity contribution is 9.10. The molecule has 0 radical (unpaired) electrons. The fraction of sp³-hybridized carbons (Fsp3) is 0.0625. The third-order valence-electron chi connectivity index (χ3n) is 3.44. The van der Waals surface area contributed by atoms with E-state index in [0.717, 1.165) is 27.5 Å². The van der Waals surface area contributed by atoms with Crippen molar-refractivity contribution in [1.82, 2.24) is 4.57 Å². The number of oxime groups is 1. The Kier molecular flexibility index (Phi) is 3.66. The van der Waals surface area contributed by atoms with Crippen LogP contribution in [0.5, 0.6) is 0 Å². The zero-order valence-electron chi connectivity index (χ0n) is 11.2. The number of nitrogens with two attached hydrogens (primary N) is 1. The SMILES string of the molecule is N/C(=N/O)c1cccc2c1ccn2Cc1cccc(Br)c1. The van der Waals surface area contributed by atoms with Crippen LogP contribution in [0.15, 0.2) is 64.4 Å². The van der Waals surface area contributed by atoms with E-state index in [9.17, 15) is 0 Å². The van der Waals surface area contributed by atoms with Crippen molar-refractivity contribution in [1.29, 1.82) is 0 Å². The topological polar surface area (TPSA) is 63.5 Å². The van der Waals surface area contributed by atoms with Crippen molar-refractivity contribution in [3.63, 3.8) is 0 Å². The van der Waals surface area contributed by atoms with E-state index in [1.165, 1.54) is 5.56 Å². The second kappa shape index (κ2) is 5.61. The minimum absolute atomic E-state index is 0.126. The first-order valence-corrected chi connectivity index (χ1v) is 7.28. The minimum atomic E-state index is 0.126. The van der Waals surface area contributed by atoms with Crippen LogP contribution in [0.25, 0.3) is 10.9 Å². The molecule has 0 unspecified atom stereocenters. The highest BCUT2D eigenvalue weighted by Crippen LogP contribution is 2.22. The number of amidine groups is 1. The highest BCUT2D eigenvalue weighted by atomic mass is 79.9. The standard InChI is InChI=1S/C16H14BrN3O/c17-12-4-1-3-11(9-12)10-20-8-7-13-14(16(18)19-21)5-2-6-15(13)20/h1-9,21H,10H2,(H2,18,19). The monoisotopic (exact) mass is 343 g/mol. The van der Waals surface area contributed by atoms with Gasteiger partial charge in [0, 0.05) is 33.7 Å². The normalized spacial score (nSPS) is 12.0. The van der Waals surface area contributed by atoms with Crippen LogP contribution in [-0.4, -0.2) is 15.6 Å². The van der Waals surface area contributed by atoms with E-state index in [1.54, 1.807) is 0 Å². The molecule has 0 amide bonds. The third-order valence-corrected chi connectivity index (χ3v) is 3.93. The maximum atomic E-state index is 8.87. The molecule has 0 aliphatic heterocycles.